The third-order valence-corrected chi connectivity index (χ3v) is 4.85. The zero-order valence-corrected chi connectivity index (χ0v) is 17.0. The van der Waals surface area contributed by atoms with Gasteiger partial charge in [-0.1, -0.05) is 6.07 Å². The number of esters is 1. The number of piperidine rings is 1. The first-order valence-corrected chi connectivity index (χ1v) is 9.74. The second-order valence-electron chi connectivity index (χ2n) is 6.84. The summed E-state index contributed by atoms with van der Waals surface area (Å²) in [5, 5.41) is 5.23. The van der Waals surface area contributed by atoms with Crippen molar-refractivity contribution in [2.24, 2.45) is 0 Å². The van der Waals surface area contributed by atoms with E-state index >= 15 is 0 Å². The van der Waals surface area contributed by atoms with E-state index in [9.17, 15) is 24.0 Å². The predicted molar refractivity (Wildman–Crippen MR) is 105 cm³/mol. The number of amides is 4. The Kier molecular flexibility index (Phi) is 7.32. The topological polar surface area (TPSA) is 140 Å². The molecule has 4 amide bonds. The predicted octanol–water partition coefficient (Wildman–Crippen LogP) is -0.294. The maximum atomic E-state index is 13.0. The van der Waals surface area contributed by atoms with Crippen LogP contribution in [0, 0.1) is 0 Å². The highest BCUT2D eigenvalue weighted by molar-refractivity contribution is 6.25. The number of benzene rings is 1. The minimum Gasteiger partial charge on any atom is -0.467 e. The summed E-state index contributed by atoms with van der Waals surface area (Å²) in [6, 6.07) is 3.83. The van der Waals surface area contributed by atoms with Crippen molar-refractivity contribution in [2.45, 2.75) is 18.9 Å². The molecule has 11 heteroatoms. The quantitative estimate of drug-likeness (QED) is 0.289. The zero-order chi connectivity index (χ0) is 22.4. The van der Waals surface area contributed by atoms with Crippen molar-refractivity contribution in [1.82, 2.24) is 10.2 Å². The molecular weight excluding hydrogens is 410 g/mol. The van der Waals surface area contributed by atoms with Gasteiger partial charge >= 0.3 is 5.97 Å². The van der Waals surface area contributed by atoms with Gasteiger partial charge in [0.1, 0.15) is 12.6 Å². The van der Waals surface area contributed by atoms with Gasteiger partial charge in [-0.05, 0) is 18.6 Å². The largest absolute Gasteiger partial charge is 0.467 e. The fraction of sp³-hybridized carbons (Fsp3) is 0.450. The second-order valence-corrected chi connectivity index (χ2v) is 6.84. The summed E-state index contributed by atoms with van der Waals surface area (Å²) >= 11 is 0. The van der Waals surface area contributed by atoms with Crippen LogP contribution in [0.4, 0.5) is 5.69 Å². The van der Waals surface area contributed by atoms with E-state index in [1.807, 2.05) is 0 Å². The maximum absolute atomic E-state index is 13.0. The number of carbonyl (C=O) groups is 5. The number of imide groups is 2. The van der Waals surface area contributed by atoms with E-state index in [1.165, 1.54) is 13.2 Å². The number of anilines is 1. The van der Waals surface area contributed by atoms with Crippen LogP contribution in [-0.2, 0) is 28.6 Å². The molecule has 0 aliphatic carbocycles. The molecule has 11 nitrogen and oxygen atoms in total. The van der Waals surface area contributed by atoms with Crippen LogP contribution >= 0.6 is 0 Å². The molecule has 2 aliphatic heterocycles. The molecule has 0 spiro atoms. The van der Waals surface area contributed by atoms with Crippen molar-refractivity contribution < 1.29 is 38.2 Å². The fourth-order valence-electron chi connectivity index (χ4n) is 3.35. The molecule has 1 atom stereocenters. The third-order valence-electron chi connectivity index (χ3n) is 4.85. The second kappa shape index (κ2) is 10.1. The Morgan fingerprint density at radius 2 is 1.90 bits per heavy atom. The van der Waals surface area contributed by atoms with Gasteiger partial charge < -0.3 is 19.5 Å². The van der Waals surface area contributed by atoms with Crippen LogP contribution in [0.2, 0.25) is 0 Å². The number of nitrogens with zero attached hydrogens (tertiary/aromatic N) is 1. The van der Waals surface area contributed by atoms with Gasteiger partial charge in [0.05, 0.1) is 38.1 Å². The molecule has 1 fully saturated rings. The highest BCUT2D eigenvalue weighted by atomic mass is 16.6. The Labute approximate surface area is 178 Å². The lowest BCUT2D eigenvalue weighted by Crippen LogP contribution is -2.54. The van der Waals surface area contributed by atoms with Crippen LogP contribution in [0.1, 0.15) is 33.6 Å². The number of ether oxygens (including phenoxy) is 3. The number of hydrogen-bond acceptors (Lipinski definition) is 9. The van der Waals surface area contributed by atoms with Gasteiger partial charge in [0.2, 0.25) is 11.8 Å². The highest BCUT2D eigenvalue weighted by Gasteiger charge is 2.45. The Morgan fingerprint density at radius 3 is 2.65 bits per heavy atom. The fourth-order valence-corrected chi connectivity index (χ4v) is 3.35. The molecule has 166 valence electrons. The average molecular weight is 433 g/mol. The molecule has 0 saturated carbocycles. The van der Waals surface area contributed by atoms with Gasteiger partial charge in [-0.3, -0.25) is 29.4 Å². The van der Waals surface area contributed by atoms with Crippen LogP contribution in [0.15, 0.2) is 18.2 Å². The monoisotopic (exact) mass is 433 g/mol. The summed E-state index contributed by atoms with van der Waals surface area (Å²) in [4.78, 5) is 61.1. The Balaban J connectivity index is 1.54. The lowest BCUT2D eigenvalue weighted by atomic mass is 10.0. The molecule has 1 saturated heterocycles. The van der Waals surface area contributed by atoms with Crippen molar-refractivity contribution in [3.8, 4) is 0 Å². The normalized spacial score (nSPS) is 18.1. The number of fused-ring (bicyclic) bond motifs is 1. The first-order chi connectivity index (χ1) is 14.9. The number of methoxy groups -OCH3 is 1. The van der Waals surface area contributed by atoms with Gasteiger partial charge in [0, 0.05) is 18.7 Å². The summed E-state index contributed by atoms with van der Waals surface area (Å²) in [6.07, 6.45) is 0.167. The Morgan fingerprint density at radius 1 is 1.13 bits per heavy atom. The number of nitrogens with one attached hydrogen (secondary N) is 2. The molecule has 3 rings (SSSR count). The van der Waals surface area contributed by atoms with Gasteiger partial charge in [0.15, 0.2) is 0 Å². The van der Waals surface area contributed by atoms with E-state index in [2.05, 4.69) is 15.4 Å². The smallest absolute Gasteiger partial charge is 0.331 e. The van der Waals surface area contributed by atoms with Gasteiger partial charge in [0.25, 0.3) is 11.8 Å². The molecule has 2 heterocycles. The van der Waals surface area contributed by atoms with Gasteiger partial charge in [-0.2, -0.15) is 0 Å². The van der Waals surface area contributed by atoms with Crippen molar-refractivity contribution in [2.75, 3.05) is 45.4 Å². The van der Waals surface area contributed by atoms with Crippen molar-refractivity contribution in [1.29, 1.82) is 0 Å². The number of rotatable bonds is 10. The lowest BCUT2D eigenvalue weighted by molar-refractivity contribution is -0.146. The minimum atomic E-state index is -1.01. The lowest BCUT2D eigenvalue weighted by Gasteiger charge is -2.27. The van der Waals surface area contributed by atoms with Crippen LogP contribution < -0.4 is 10.6 Å². The average Bonchev–Trinajstić information content (AvgIpc) is 3.01. The summed E-state index contributed by atoms with van der Waals surface area (Å²) in [5.41, 5.74) is 0.853. The molecule has 2 aliphatic rings. The van der Waals surface area contributed by atoms with Crippen molar-refractivity contribution >= 4 is 35.3 Å². The van der Waals surface area contributed by atoms with Crippen molar-refractivity contribution in [3.63, 3.8) is 0 Å². The molecular formula is C20H23N3O8. The van der Waals surface area contributed by atoms with Crippen LogP contribution in [0.25, 0.3) is 0 Å². The van der Waals surface area contributed by atoms with Gasteiger partial charge in [-0.15, -0.1) is 0 Å². The summed E-state index contributed by atoms with van der Waals surface area (Å²) in [7, 11) is 1.27. The number of carbonyl (C=O) groups excluding carboxylic acids is 5. The summed E-state index contributed by atoms with van der Waals surface area (Å²) in [5.74, 6) is -2.67. The molecule has 0 bridgehead atoms. The van der Waals surface area contributed by atoms with Gasteiger partial charge in [-0.25, -0.2) is 4.79 Å². The minimum absolute atomic E-state index is 0.0651. The third kappa shape index (κ3) is 5.06. The first kappa shape index (κ1) is 22.4. The first-order valence-electron chi connectivity index (χ1n) is 9.74. The molecule has 0 radical (unpaired) electrons. The zero-order valence-electron chi connectivity index (χ0n) is 17.0. The SMILES string of the molecule is COC(=O)COCCOCCNc1cccc2c1C(=O)N(C1CCC(=O)NC1=O)C2=O. The molecule has 1 unspecified atom stereocenters. The number of hydrogen-bond donors (Lipinski definition) is 2. The van der Waals surface area contributed by atoms with E-state index in [0.717, 1.165) is 4.90 Å². The van der Waals surface area contributed by atoms with E-state index in [0.29, 0.717) is 18.8 Å². The van der Waals surface area contributed by atoms with Crippen molar-refractivity contribution in [3.05, 3.63) is 29.3 Å². The molecule has 1 aromatic carbocycles. The van der Waals surface area contributed by atoms with Crippen LogP contribution in [0.3, 0.4) is 0 Å². The Hall–Kier alpha value is -3.31. The standard InChI is InChI=1S/C20H23N3O8/c1-29-16(25)11-31-10-9-30-8-7-21-13-4-2-3-12-17(13)20(28)23(19(12)27)14-5-6-15(24)22-18(14)26/h2-4,14,21H,5-11H2,1H3,(H,22,24,26). The van der Waals surface area contributed by atoms with Crippen LogP contribution in [-0.4, -0.2) is 80.6 Å². The molecule has 31 heavy (non-hydrogen) atoms. The van der Waals surface area contributed by atoms with E-state index in [-0.39, 0.29) is 43.8 Å². The summed E-state index contributed by atoms with van der Waals surface area (Å²) < 4.78 is 14.9. The summed E-state index contributed by atoms with van der Waals surface area (Å²) in [6.45, 7) is 1.00. The Bertz CT molecular complexity index is 900. The van der Waals surface area contributed by atoms with E-state index < -0.39 is 35.6 Å². The van der Waals surface area contributed by atoms with E-state index in [1.54, 1.807) is 12.1 Å². The molecule has 1 aromatic rings. The van der Waals surface area contributed by atoms with E-state index in [4.69, 9.17) is 9.47 Å². The molecule has 2 N–H and O–H groups in total. The highest BCUT2D eigenvalue weighted by Crippen LogP contribution is 2.32. The van der Waals surface area contributed by atoms with Crippen LogP contribution in [0.5, 0.6) is 0 Å². The molecule has 0 aromatic heterocycles. The maximum Gasteiger partial charge on any atom is 0.331 e.